The normalized spacial score (nSPS) is 12.4. The Morgan fingerprint density at radius 1 is 1.06 bits per heavy atom. The molecule has 0 aliphatic heterocycles. The summed E-state index contributed by atoms with van der Waals surface area (Å²) in [5.74, 6) is 0.677. The molecule has 1 N–H and O–H groups in total. The first-order valence-corrected chi connectivity index (χ1v) is 12.5. The van der Waals surface area contributed by atoms with Crippen LogP contribution in [0.3, 0.4) is 0 Å². The maximum Gasteiger partial charge on any atom is 0.242 e. The largest absolute Gasteiger partial charge is 0.350 e. The summed E-state index contributed by atoms with van der Waals surface area (Å²) in [7, 11) is 0. The van der Waals surface area contributed by atoms with Gasteiger partial charge in [0.15, 0.2) is 0 Å². The van der Waals surface area contributed by atoms with E-state index >= 15 is 0 Å². The molecule has 0 spiro atoms. The minimum Gasteiger partial charge on any atom is -0.350 e. The van der Waals surface area contributed by atoms with Crippen LogP contribution in [-0.2, 0) is 21.9 Å². The molecule has 2 rings (SSSR count). The zero-order chi connectivity index (χ0) is 23.2. The van der Waals surface area contributed by atoms with Crippen LogP contribution in [0.5, 0.6) is 0 Å². The van der Waals surface area contributed by atoms with Crippen LogP contribution in [0.15, 0.2) is 46.9 Å². The van der Waals surface area contributed by atoms with Crippen molar-refractivity contribution < 1.29 is 9.59 Å². The van der Waals surface area contributed by atoms with Gasteiger partial charge in [0, 0.05) is 22.3 Å². The molecule has 0 bridgehead atoms. The molecule has 0 aromatic heterocycles. The Bertz CT molecular complexity index is 917. The Kier molecular flexibility index (Phi) is 9.74. The zero-order valence-corrected chi connectivity index (χ0v) is 22.0. The number of thioether (sulfide) groups is 1. The van der Waals surface area contributed by atoms with Crippen molar-refractivity contribution in [2.45, 2.75) is 51.6 Å². The second kappa shape index (κ2) is 11.6. The molecule has 1 atom stereocenters. The van der Waals surface area contributed by atoms with Gasteiger partial charge in [-0.05, 0) is 63.1 Å². The fraction of sp³-hybridized carbons (Fsp3) is 0.391. The second-order valence-electron chi connectivity index (χ2n) is 8.30. The van der Waals surface area contributed by atoms with E-state index in [4.69, 9.17) is 23.2 Å². The molecule has 8 heteroatoms. The van der Waals surface area contributed by atoms with Crippen molar-refractivity contribution in [2.75, 3.05) is 5.75 Å². The molecule has 168 valence electrons. The zero-order valence-electron chi connectivity index (χ0n) is 18.0. The van der Waals surface area contributed by atoms with Crippen LogP contribution in [0, 0.1) is 0 Å². The first-order valence-electron chi connectivity index (χ1n) is 9.84. The van der Waals surface area contributed by atoms with E-state index in [0.717, 1.165) is 15.6 Å². The van der Waals surface area contributed by atoms with E-state index in [0.29, 0.717) is 15.8 Å². The summed E-state index contributed by atoms with van der Waals surface area (Å²) < 4.78 is 1.02. The van der Waals surface area contributed by atoms with Gasteiger partial charge in [-0.3, -0.25) is 9.59 Å². The highest BCUT2D eigenvalue weighted by Gasteiger charge is 2.28. The average Bonchev–Trinajstić information content (AvgIpc) is 2.68. The van der Waals surface area contributed by atoms with Gasteiger partial charge in [0.25, 0.3) is 0 Å². The van der Waals surface area contributed by atoms with Gasteiger partial charge < -0.3 is 10.2 Å². The summed E-state index contributed by atoms with van der Waals surface area (Å²) in [5, 5.41) is 3.83. The van der Waals surface area contributed by atoms with Crippen molar-refractivity contribution in [3.8, 4) is 0 Å². The van der Waals surface area contributed by atoms with Gasteiger partial charge in [-0.2, -0.15) is 0 Å². The summed E-state index contributed by atoms with van der Waals surface area (Å²) in [4.78, 5) is 27.5. The van der Waals surface area contributed by atoms with Crippen LogP contribution >= 0.6 is 50.9 Å². The standard InChI is InChI=1S/C23H27BrCl2N2O2S/c1-15(22(30)27-23(2,3)4)28(12-17-7-10-19(25)20(26)11-17)21(29)14-31-13-16-5-8-18(24)9-6-16/h5-11,15H,12-14H2,1-4H3,(H,27,30). The third-order valence-electron chi connectivity index (χ3n) is 4.41. The number of hydrogen-bond acceptors (Lipinski definition) is 3. The van der Waals surface area contributed by atoms with Gasteiger partial charge in [-0.15, -0.1) is 11.8 Å². The van der Waals surface area contributed by atoms with Gasteiger partial charge >= 0.3 is 0 Å². The van der Waals surface area contributed by atoms with Gasteiger partial charge in [-0.1, -0.05) is 57.3 Å². The number of carbonyl (C=O) groups is 2. The maximum absolute atomic E-state index is 13.1. The quantitative estimate of drug-likeness (QED) is 0.422. The molecule has 1 unspecified atom stereocenters. The van der Waals surface area contributed by atoms with Crippen LogP contribution < -0.4 is 5.32 Å². The van der Waals surface area contributed by atoms with Crippen molar-refractivity contribution >= 4 is 62.7 Å². The Hall–Kier alpha value is -1.21. The molecular weight excluding hydrogens is 519 g/mol. The minimum atomic E-state index is -0.630. The lowest BCUT2D eigenvalue weighted by Gasteiger charge is -2.31. The van der Waals surface area contributed by atoms with Crippen molar-refractivity contribution in [3.63, 3.8) is 0 Å². The molecule has 2 aromatic rings. The number of nitrogens with zero attached hydrogens (tertiary/aromatic N) is 1. The Morgan fingerprint density at radius 3 is 2.26 bits per heavy atom. The number of amides is 2. The third-order valence-corrected chi connectivity index (χ3v) is 6.67. The molecule has 0 aliphatic carbocycles. The van der Waals surface area contributed by atoms with Crippen molar-refractivity contribution in [2.24, 2.45) is 0 Å². The Morgan fingerprint density at radius 2 is 1.68 bits per heavy atom. The molecule has 0 radical (unpaired) electrons. The lowest BCUT2D eigenvalue weighted by Crippen LogP contribution is -2.52. The Labute approximate surface area is 207 Å². The summed E-state index contributed by atoms with van der Waals surface area (Å²) in [6, 6.07) is 12.6. The smallest absolute Gasteiger partial charge is 0.242 e. The van der Waals surface area contributed by atoms with E-state index in [9.17, 15) is 9.59 Å². The van der Waals surface area contributed by atoms with Crippen LogP contribution in [0.4, 0.5) is 0 Å². The van der Waals surface area contributed by atoms with Gasteiger partial charge in [-0.25, -0.2) is 0 Å². The number of nitrogens with one attached hydrogen (secondary N) is 1. The van der Waals surface area contributed by atoms with E-state index in [1.54, 1.807) is 24.0 Å². The van der Waals surface area contributed by atoms with E-state index in [2.05, 4.69) is 21.2 Å². The van der Waals surface area contributed by atoms with Crippen LogP contribution in [0.2, 0.25) is 10.0 Å². The first-order chi connectivity index (χ1) is 14.5. The summed E-state index contributed by atoms with van der Waals surface area (Å²) in [5.41, 5.74) is 1.56. The predicted molar refractivity (Wildman–Crippen MR) is 135 cm³/mol. The summed E-state index contributed by atoms with van der Waals surface area (Å²) in [6.07, 6.45) is 0. The molecule has 2 aromatic carbocycles. The lowest BCUT2D eigenvalue weighted by molar-refractivity contribution is -0.139. The van der Waals surface area contributed by atoms with E-state index in [1.807, 2.05) is 51.1 Å². The predicted octanol–water partition coefficient (Wildman–Crippen LogP) is 6.32. The molecule has 0 fully saturated rings. The molecule has 0 aliphatic rings. The van der Waals surface area contributed by atoms with Crippen LogP contribution in [0.25, 0.3) is 0 Å². The topological polar surface area (TPSA) is 49.4 Å². The maximum atomic E-state index is 13.1. The fourth-order valence-electron chi connectivity index (χ4n) is 2.81. The van der Waals surface area contributed by atoms with Crippen LogP contribution in [-0.4, -0.2) is 34.0 Å². The molecule has 2 amide bonds. The molecule has 0 saturated heterocycles. The van der Waals surface area contributed by atoms with E-state index in [-0.39, 0.29) is 29.7 Å². The average molecular weight is 546 g/mol. The first kappa shape index (κ1) is 26.0. The molecule has 31 heavy (non-hydrogen) atoms. The van der Waals surface area contributed by atoms with Crippen molar-refractivity contribution in [1.82, 2.24) is 10.2 Å². The fourth-order valence-corrected chi connectivity index (χ4v) is 4.27. The van der Waals surface area contributed by atoms with Crippen molar-refractivity contribution in [1.29, 1.82) is 0 Å². The van der Waals surface area contributed by atoms with Gasteiger partial charge in [0.1, 0.15) is 6.04 Å². The third kappa shape index (κ3) is 8.68. The van der Waals surface area contributed by atoms with Gasteiger partial charge in [0.2, 0.25) is 11.8 Å². The lowest BCUT2D eigenvalue weighted by atomic mass is 10.1. The van der Waals surface area contributed by atoms with E-state index in [1.165, 1.54) is 11.8 Å². The molecular formula is C23H27BrCl2N2O2S. The molecule has 0 heterocycles. The van der Waals surface area contributed by atoms with E-state index < -0.39 is 6.04 Å². The summed E-state index contributed by atoms with van der Waals surface area (Å²) in [6.45, 7) is 7.76. The Balaban J connectivity index is 2.12. The van der Waals surface area contributed by atoms with Crippen LogP contribution in [0.1, 0.15) is 38.8 Å². The number of benzene rings is 2. The van der Waals surface area contributed by atoms with Gasteiger partial charge in [0.05, 0.1) is 15.8 Å². The SMILES string of the molecule is CC(C(=O)NC(C)(C)C)N(Cc1ccc(Cl)c(Cl)c1)C(=O)CSCc1ccc(Br)cc1. The highest BCUT2D eigenvalue weighted by Crippen LogP contribution is 2.24. The molecule has 4 nitrogen and oxygen atoms in total. The minimum absolute atomic E-state index is 0.107. The van der Waals surface area contributed by atoms with Crippen molar-refractivity contribution in [3.05, 3.63) is 68.1 Å². The number of hydrogen-bond donors (Lipinski definition) is 1. The molecule has 0 saturated carbocycles. The summed E-state index contributed by atoms with van der Waals surface area (Å²) >= 11 is 17.1. The monoisotopic (exact) mass is 544 g/mol. The highest BCUT2D eigenvalue weighted by atomic mass is 79.9. The highest BCUT2D eigenvalue weighted by molar-refractivity contribution is 9.10. The second-order valence-corrected chi connectivity index (χ2v) is 11.0. The number of carbonyl (C=O) groups excluding carboxylic acids is 2. The number of rotatable bonds is 8. The number of halogens is 3.